The van der Waals surface area contributed by atoms with Gasteiger partial charge in [-0.15, -0.1) is 0 Å². The molecule has 0 aliphatic carbocycles. The number of hydrogen-bond donors (Lipinski definition) is 1. The quantitative estimate of drug-likeness (QED) is 0.174. The number of carboxylic acids is 1. The maximum Gasteiger partial charge on any atom is 0.303 e. The van der Waals surface area contributed by atoms with Gasteiger partial charge in [0.05, 0.1) is 0 Å². The van der Waals surface area contributed by atoms with Crippen molar-refractivity contribution in [2.45, 2.75) is 122 Å². The van der Waals surface area contributed by atoms with Gasteiger partial charge in [0.15, 0.2) is 0 Å². The molecule has 0 bridgehead atoms. The van der Waals surface area contributed by atoms with Gasteiger partial charge in [0.25, 0.3) is 0 Å². The minimum absolute atomic E-state index is 0.311. The highest BCUT2D eigenvalue weighted by Gasteiger charge is 1.95. The minimum atomic E-state index is -0.677. The van der Waals surface area contributed by atoms with Crippen LogP contribution in [-0.4, -0.2) is 11.1 Å². The van der Waals surface area contributed by atoms with Crippen LogP contribution in [0.4, 0.5) is 0 Å². The zero-order valence-electron chi connectivity index (χ0n) is 17.4. The third-order valence-electron chi connectivity index (χ3n) is 4.84. The van der Waals surface area contributed by atoms with Gasteiger partial charge in [-0.3, -0.25) is 4.79 Å². The van der Waals surface area contributed by atoms with Crippen molar-refractivity contribution in [3.8, 4) is 0 Å². The summed E-state index contributed by atoms with van der Waals surface area (Å²) in [7, 11) is 0. The molecule has 0 unspecified atom stereocenters. The molecule has 0 aliphatic heterocycles. The van der Waals surface area contributed by atoms with Crippen LogP contribution in [0, 0.1) is 0 Å². The third kappa shape index (κ3) is 22.9. The average molecular weight is 365 g/mol. The molecule has 0 radical (unpaired) electrons. The van der Waals surface area contributed by atoms with Gasteiger partial charge in [0.2, 0.25) is 0 Å². The number of allylic oxidation sites excluding steroid dienone is 4. The average Bonchev–Trinajstić information content (AvgIpc) is 2.62. The van der Waals surface area contributed by atoms with Crippen LogP contribution in [-0.2, 0) is 4.79 Å². The van der Waals surface area contributed by atoms with Crippen molar-refractivity contribution in [3.05, 3.63) is 24.3 Å². The number of unbranched alkanes of at least 4 members (excludes halogenated alkanes) is 14. The second-order valence-corrected chi connectivity index (χ2v) is 7.50. The summed E-state index contributed by atoms with van der Waals surface area (Å²) >= 11 is 0. The summed E-state index contributed by atoms with van der Waals surface area (Å²) in [5.74, 6) is -0.677. The monoisotopic (exact) mass is 364 g/mol. The predicted octanol–water partition coefficient (Wildman–Crippen LogP) is 8.23. The summed E-state index contributed by atoms with van der Waals surface area (Å²) < 4.78 is 0. The third-order valence-corrected chi connectivity index (χ3v) is 4.84. The largest absolute Gasteiger partial charge is 0.481 e. The Morgan fingerprint density at radius 1 is 0.615 bits per heavy atom. The molecule has 2 nitrogen and oxygen atoms in total. The van der Waals surface area contributed by atoms with Crippen LogP contribution in [0.5, 0.6) is 0 Å². The van der Waals surface area contributed by atoms with E-state index in [4.69, 9.17) is 5.11 Å². The number of hydrogen-bond acceptors (Lipinski definition) is 1. The number of aliphatic carboxylic acids is 1. The second-order valence-electron chi connectivity index (χ2n) is 7.50. The lowest BCUT2D eigenvalue weighted by Gasteiger charge is -2.01. The Balaban J connectivity index is 3.16. The molecule has 152 valence electrons. The summed E-state index contributed by atoms with van der Waals surface area (Å²) in [5, 5.41) is 8.55. The van der Waals surface area contributed by atoms with E-state index in [-0.39, 0.29) is 0 Å². The van der Waals surface area contributed by atoms with E-state index >= 15 is 0 Å². The first-order valence-corrected chi connectivity index (χ1v) is 11.3. The first-order valence-electron chi connectivity index (χ1n) is 11.3. The molecule has 0 amide bonds. The summed E-state index contributed by atoms with van der Waals surface area (Å²) in [6.45, 7) is 2.28. The fourth-order valence-corrected chi connectivity index (χ4v) is 3.15. The first kappa shape index (κ1) is 24.9. The van der Waals surface area contributed by atoms with E-state index in [9.17, 15) is 4.79 Å². The lowest BCUT2D eigenvalue weighted by atomic mass is 10.1. The van der Waals surface area contributed by atoms with E-state index in [1.807, 2.05) is 0 Å². The van der Waals surface area contributed by atoms with Crippen molar-refractivity contribution >= 4 is 5.97 Å². The van der Waals surface area contributed by atoms with E-state index in [2.05, 4.69) is 31.2 Å². The van der Waals surface area contributed by atoms with Crippen LogP contribution >= 0.6 is 0 Å². The Kier molecular flexibility index (Phi) is 21.1. The number of carbonyl (C=O) groups is 1. The molecule has 0 aliphatic rings. The van der Waals surface area contributed by atoms with Gasteiger partial charge in [-0.25, -0.2) is 0 Å². The Hall–Kier alpha value is -1.05. The van der Waals surface area contributed by atoms with E-state index in [1.165, 1.54) is 77.0 Å². The summed E-state index contributed by atoms with van der Waals surface area (Å²) in [5.41, 5.74) is 0. The molecule has 0 atom stereocenters. The molecule has 2 heteroatoms. The highest BCUT2D eigenvalue weighted by Crippen LogP contribution is 2.12. The Labute approximate surface area is 163 Å². The Morgan fingerprint density at radius 2 is 1.04 bits per heavy atom. The maximum atomic E-state index is 10.4. The molecule has 0 aromatic heterocycles. The maximum absolute atomic E-state index is 10.4. The van der Waals surface area contributed by atoms with Crippen LogP contribution in [0.15, 0.2) is 24.3 Å². The van der Waals surface area contributed by atoms with Gasteiger partial charge in [0, 0.05) is 6.42 Å². The lowest BCUT2D eigenvalue weighted by molar-refractivity contribution is -0.137. The molecule has 1 N–H and O–H groups in total. The molecule has 0 saturated heterocycles. The van der Waals surface area contributed by atoms with Crippen molar-refractivity contribution in [1.82, 2.24) is 0 Å². The Morgan fingerprint density at radius 3 is 1.50 bits per heavy atom. The smallest absolute Gasteiger partial charge is 0.303 e. The number of carboxylic acid groups (broad SMARTS) is 1. The summed E-state index contributed by atoms with van der Waals surface area (Å²) in [4.78, 5) is 10.4. The van der Waals surface area contributed by atoms with Crippen LogP contribution in [0.25, 0.3) is 0 Å². The van der Waals surface area contributed by atoms with Gasteiger partial charge < -0.3 is 5.11 Å². The zero-order chi connectivity index (χ0) is 19.1. The molecule has 0 aromatic carbocycles. The highest BCUT2D eigenvalue weighted by atomic mass is 16.4. The van der Waals surface area contributed by atoms with Gasteiger partial charge in [-0.2, -0.15) is 0 Å². The van der Waals surface area contributed by atoms with Gasteiger partial charge in [-0.1, -0.05) is 102 Å². The van der Waals surface area contributed by atoms with Gasteiger partial charge in [0.1, 0.15) is 0 Å². The molecule has 0 fully saturated rings. The van der Waals surface area contributed by atoms with Crippen LogP contribution in [0.1, 0.15) is 122 Å². The van der Waals surface area contributed by atoms with Crippen LogP contribution in [0.3, 0.4) is 0 Å². The molecular formula is C24H44O2. The zero-order valence-corrected chi connectivity index (χ0v) is 17.4. The second kappa shape index (κ2) is 22.0. The molecular weight excluding hydrogens is 320 g/mol. The fraction of sp³-hybridized carbons (Fsp3) is 0.792. The van der Waals surface area contributed by atoms with E-state index < -0.39 is 5.97 Å². The lowest BCUT2D eigenvalue weighted by Crippen LogP contribution is -1.93. The van der Waals surface area contributed by atoms with E-state index in [0.717, 1.165) is 32.1 Å². The SMILES string of the molecule is CCCCCCCCCCCCC/C=C/C/C=C/CCCCCC(=O)O. The molecule has 0 aromatic rings. The van der Waals surface area contributed by atoms with E-state index in [0.29, 0.717) is 6.42 Å². The van der Waals surface area contributed by atoms with Gasteiger partial charge in [-0.05, 0) is 38.5 Å². The molecule has 0 heterocycles. The fourth-order valence-electron chi connectivity index (χ4n) is 3.15. The standard InChI is InChI=1S/C24H44O2/c1-2-3-4-5-6-7-8-9-10-11-12-13-14-15-16-17-18-19-20-21-22-23-24(25)26/h14-15,17-18H,2-13,16,19-23H2,1H3,(H,25,26)/b15-14+,18-17+. The molecule has 0 spiro atoms. The van der Waals surface area contributed by atoms with Gasteiger partial charge >= 0.3 is 5.97 Å². The van der Waals surface area contributed by atoms with Crippen LogP contribution < -0.4 is 0 Å². The minimum Gasteiger partial charge on any atom is -0.481 e. The van der Waals surface area contributed by atoms with E-state index in [1.54, 1.807) is 0 Å². The number of rotatable bonds is 20. The first-order chi connectivity index (χ1) is 12.8. The predicted molar refractivity (Wildman–Crippen MR) is 115 cm³/mol. The summed E-state index contributed by atoms with van der Waals surface area (Å²) in [6.07, 6.45) is 31.1. The normalized spacial score (nSPS) is 11.7. The summed E-state index contributed by atoms with van der Waals surface area (Å²) in [6, 6.07) is 0. The van der Waals surface area contributed by atoms with Crippen molar-refractivity contribution in [2.75, 3.05) is 0 Å². The highest BCUT2D eigenvalue weighted by molar-refractivity contribution is 5.66. The molecule has 0 rings (SSSR count). The van der Waals surface area contributed by atoms with Crippen LogP contribution in [0.2, 0.25) is 0 Å². The van der Waals surface area contributed by atoms with Crippen molar-refractivity contribution in [3.63, 3.8) is 0 Å². The van der Waals surface area contributed by atoms with Crippen molar-refractivity contribution < 1.29 is 9.90 Å². The Bertz CT molecular complexity index is 344. The molecule has 26 heavy (non-hydrogen) atoms. The topological polar surface area (TPSA) is 37.3 Å². The van der Waals surface area contributed by atoms with Crippen molar-refractivity contribution in [2.24, 2.45) is 0 Å². The molecule has 0 saturated carbocycles. The van der Waals surface area contributed by atoms with Crippen molar-refractivity contribution in [1.29, 1.82) is 0 Å².